The average Bonchev–Trinajstić information content (AvgIpc) is 2.66. The van der Waals surface area contributed by atoms with Crippen molar-refractivity contribution in [3.8, 4) is 0 Å². The molecule has 0 radical (unpaired) electrons. The van der Waals surface area contributed by atoms with E-state index < -0.39 is 47.9 Å². The number of hydrogen-bond acceptors (Lipinski definition) is 6. The van der Waals surface area contributed by atoms with Gasteiger partial charge in [-0.05, 0) is 24.2 Å². The normalized spacial score (nSPS) is 16.3. The first kappa shape index (κ1) is 28.2. The third-order valence-electron chi connectivity index (χ3n) is 4.90. The maximum Gasteiger partial charge on any atom is 0.326 e. The van der Waals surface area contributed by atoms with Gasteiger partial charge in [-0.15, -0.1) is 0 Å². The average molecular weight is 447 g/mol. The fourth-order valence-corrected chi connectivity index (χ4v) is 2.95. The second-order valence-corrected chi connectivity index (χ2v) is 8.79. The van der Waals surface area contributed by atoms with Crippen LogP contribution < -0.4 is 21.7 Å². The molecule has 10 heteroatoms. The molecule has 9 nitrogen and oxygen atoms in total. The topological polar surface area (TPSA) is 151 Å². The van der Waals surface area contributed by atoms with Crippen molar-refractivity contribution in [3.63, 3.8) is 0 Å². The van der Waals surface area contributed by atoms with Gasteiger partial charge in [-0.2, -0.15) is 12.6 Å². The lowest BCUT2D eigenvalue weighted by Crippen LogP contribution is -2.59. The smallest absolute Gasteiger partial charge is 0.326 e. The molecule has 0 aliphatic carbocycles. The molecule has 30 heavy (non-hydrogen) atoms. The van der Waals surface area contributed by atoms with E-state index in [1.165, 1.54) is 0 Å². The first-order valence-corrected chi connectivity index (χ1v) is 11.0. The Bertz CT molecular complexity index is 600. The van der Waals surface area contributed by atoms with E-state index in [1.54, 1.807) is 20.8 Å². The third-order valence-corrected chi connectivity index (χ3v) is 5.29. The summed E-state index contributed by atoms with van der Waals surface area (Å²) in [6.45, 7) is 10.9. The molecule has 0 rings (SSSR count). The van der Waals surface area contributed by atoms with Crippen LogP contribution in [0, 0.1) is 17.8 Å². The SMILES string of the molecule is CCC(C)C(NC(=O)C(CC(C)C)NC(=O)C(NC(=O)C(N)CS)C(C)C)C(=O)O. The van der Waals surface area contributed by atoms with E-state index in [4.69, 9.17) is 5.73 Å². The van der Waals surface area contributed by atoms with Crippen LogP contribution in [0.4, 0.5) is 0 Å². The van der Waals surface area contributed by atoms with E-state index in [9.17, 15) is 24.3 Å². The summed E-state index contributed by atoms with van der Waals surface area (Å²) in [4.78, 5) is 49.3. The Morgan fingerprint density at radius 2 is 1.43 bits per heavy atom. The van der Waals surface area contributed by atoms with Crippen LogP contribution in [0.25, 0.3) is 0 Å². The summed E-state index contributed by atoms with van der Waals surface area (Å²) in [5, 5.41) is 17.3. The van der Waals surface area contributed by atoms with E-state index in [-0.39, 0.29) is 23.5 Å². The molecule has 0 saturated heterocycles. The highest BCUT2D eigenvalue weighted by Gasteiger charge is 2.33. The number of carbonyl (C=O) groups excluding carboxylic acids is 3. The van der Waals surface area contributed by atoms with Gasteiger partial charge in [-0.1, -0.05) is 48.0 Å². The molecule has 174 valence electrons. The molecule has 5 unspecified atom stereocenters. The predicted octanol–water partition coefficient (Wildman–Crippen LogP) is 0.531. The van der Waals surface area contributed by atoms with Crippen molar-refractivity contribution in [1.29, 1.82) is 0 Å². The maximum atomic E-state index is 12.9. The highest BCUT2D eigenvalue weighted by molar-refractivity contribution is 7.80. The second kappa shape index (κ2) is 13.5. The van der Waals surface area contributed by atoms with Crippen molar-refractivity contribution in [3.05, 3.63) is 0 Å². The molecule has 6 N–H and O–H groups in total. The molecular weight excluding hydrogens is 408 g/mol. The number of carbonyl (C=O) groups is 4. The minimum Gasteiger partial charge on any atom is -0.480 e. The summed E-state index contributed by atoms with van der Waals surface area (Å²) in [7, 11) is 0. The highest BCUT2D eigenvalue weighted by atomic mass is 32.1. The molecule has 0 aromatic heterocycles. The Kier molecular flexibility index (Phi) is 12.7. The summed E-state index contributed by atoms with van der Waals surface area (Å²) in [6.07, 6.45) is 0.893. The summed E-state index contributed by atoms with van der Waals surface area (Å²) in [6, 6.07) is -3.73. The van der Waals surface area contributed by atoms with E-state index in [0.717, 1.165) is 0 Å². The number of nitrogens with two attached hydrogens (primary N) is 1. The molecule has 0 aliphatic heterocycles. The van der Waals surface area contributed by atoms with Crippen molar-refractivity contribution in [1.82, 2.24) is 16.0 Å². The van der Waals surface area contributed by atoms with Crippen LogP contribution in [0.1, 0.15) is 54.4 Å². The van der Waals surface area contributed by atoms with Crippen molar-refractivity contribution in [2.45, 2.75) is 78.6 Å². The zero-order chi connectivity index (χ0) is 23.6. The molecule has 0 heterocycles. The number of carboxylic acid groups (broad SMARTS) is 1. The fourth-order valence-electron chi connectivity index (χ4n) is 2.78. The summed E-state index contributed by atoms with van der Waals surface area (Å²) >= 11 is 3.99. The number of aliphatic carboxylic acids is 1. The predicted molar refractivity (Wildman–Crippen MR) is 119 cm³/mol. The number of hydrogen-bond donors (Lipinski definition) is 6. The van der Waals surface area contributed by atoms with Gasteiger partial charge >= 0.3 is 5.97 Å². The lowest BCUT2D eigenvalue weighted by molar-refractivity contribution is -0.144. The summed E-state index contributed by atoms with van der Waals surface area (Å²) in [5.41, 5.74) is 5.67. The van der Waals surface area contributed by atoms with E-state index in [2.05, 4.69) is 28.6 Å². The highest BCUT2D eigenvalue weighted by Crippen LogP contribution is 2.12. The second-order valence-electron chi connectivity index (χ2n) is 8.42. The van der Waals surface area contributed by atoms with Gasteiger partial charge in [0.2, 0.25) is 17.7 Å². The van der Waals surface area contributed by atoms with Gasteiger partial charge in [0, 0.05) is 5.75 Å². The Hall–Kier alpha value is -1.81. The fraction of sp³-hybridized carbons (Fsp3) is 0.800. The number of nitrogens with one attached hydrogen (secondary N) is 3. The van der Waals surface area contributed by atoms with Crippen LogP contribution >= 0.6 is 12.6 Å². The van der Waals surface area contributed by atoms with E-state index in [0.29, 0.717) is 12.8 Å². The Morgan fingerprint density at radius 1 is 0.900 bits per heavy atom. The maximum absolute atomic E-state index is 12.9. The first-order chi connectivity index (χ1) is 13.8. The van der Waals surface area contributed by atoms with Gasteiger partial charge in [-0.3, -0.25) is 14.4 Å². The zero-order valence-corrected chi connectivity index (χ0v) is 19.7. The number of rotatable bonds is 13. The summed E-state index contributed by atoms with van der Waals surface area (Å²) in [5.74, 6) is -3.05. The standard InChI is InChI=1S/C20H38N4O5S/c1-7-12(6)16(20(28)29)24-18(26)14(8-10(2)3)22-19(27)15(11(4)5)23-17(25)13(21)9-30/h10-16,30H,7-9,21H2,1-6H3,(H,22,27)(H,23,25)(H,24,26)(H,28,29). The van der Waals surface area contributed by atoms with Crippen LogP contribution in [-0.4, -0.2) is 58.7 Å². The van der Waals surface area contributed by atoms with Crippen LogP contribution in [0.5, 0.6) is 0 Å². The number of thiol groups is 1. The molecule has 0 aliphatic rings. The number of amides is 3. The molecule has 0 aromatic carbocycles. The molecule has 0 bridgehead atoms. The van der Waals surface area contributed by atoms with Gasteiger partial charge in [0.05, 0.1) is 6.04 Å². The third kappa shape index (κ3) is 9.34. The van der Waals surface area contributed by atoms with E-state index in [1.807, 2.05) is 20.8 Å². The van der Waals surface area contributed by atoms with Gasteiger partial charge in [0.15, 0.2) is 0 Å². The quantitative estimate of drug-likeness (QED) is 0.227. The van der Waals surface area contributed by atoms with Crippen molar-refractivity contribution in [2.24, 2.45) is 23.5 Å². The van der Waals surface area contributed by atoms with Gasteiger partial charge in [0.1, 0.15) is 18.1 Å². The minimum atomic E-state index is -1.12. The van der Waals surface area contributed by atoms with Crippen LogP contribution in [0.2, 0.25) is 0 Å². The van der Waals surface area contributed by atoms with E-state index >= 15 is 0 Å². The van der Waals surface area contributed by atoms with Gasteiger partial charge in [-0.25, -0.2) is 4.79 Å². The van der Waals surface area contributed by atoms with Crippen molar-refractivity contribution in [2.75, 3.05) is 5.75 Å². The molecule has 0 saturated carbocycles. The Balaban J connectivity index is 5.46. The molecule has 0 fully saturated rings. The van der Waals surface area contributed by atoms with Crippen LogP contribution in [0.3, 0.4) is 0 Å². The van der Waals surface area contributed by atoms with Crippen molar-refractivity contribution < 1.29 is 24.3 Å². The molecule has 3 amide bonds. The van der Waals surface area contributed by atoms with Gasteiger partial charge < -0.3 is 26.8 Å². The largest absolute Gasteiger partial charge is 0.480 e. The minimum absolute atomic E-state index is 0.0672. The zero-order valence-electron chi connectivity index (χ0n) is 18.8. The van der Waals surface area contributed by atoms with Gasteiger partial charge in [0.25, 0.3) is 0 Å². The lowest BCUT2D eigenvalue weighted by atomic mass is 9.97. The Labute approximate surface area is 184 Å². The Morgan fingerprint density at radius 3 is 1.83 bits per heavy atom. The molecule has 0 spiro atoms. The van der Waals surface area contributed by atoms with Crippen molar-refractivity contribution >= 4 is 36.3 Å². The van der Waals surface area contributed by atoms with Crippen LogP contribution in [-0.2, 0) is 19.2 Å². The lowest BCUT2D eigenvalue weighted by Gasteiger charge is -2.28. The molecular formula is C20H38N4O5S. The molecule has 5 atom stereocenters. The molecule has 0 aromatic rings. The first-order valence-electron chi connectivity index (χ1n) is 10.4. The monoisotopic (exact) mass is 446 g/mol. The number of carboxylic acids is 1. The van der Waals surface area contributed by atoms with Crippen LogP contribution in [0.15, 0.2) is 0 Å². The summed E-state index contributed by atoms with van der Waals surface area (Å²) < 4.78 is 0.